The molecule has 0 aliphatic heterocycles. The molecular weight excluding hydrogens is 527 g/mol. The van der Waals surface area contributed by atoms with Crippen molar-refractivity contribution in [3.8, 4) is 5.75 Å². The van der Waals surface area contributed by atoms with Crippen LogP contribution in [0.25, 0.3) is 0 Å². The van der Waals surface area contributed by atoms with Crippen LogP contribution in [-0.2, 0) is 9.53 Å². The van der Waals surface area contributed by atoms with Crippen LogP contribution in [0.2, 0.25) is 0 Å². The molecule has 0 atom stereocenters. The van der Waals surface area contributed by atoms with Gasteiger partial charge in [0.2, 0.25) is 0 Å². The monoisotopic (exact) mass is 538 g/mol. The zero-order valence-electron chi connectivity index (χ0n) is 16.6. The fourth-order valence-electron chi connectivity index (χ4n) is 2.12. The number of carbonyl (C=O) groups excluding carboxylic acids is 2. The highest BCUT2D eigenvalue weighted by Crippen LogP contribution is 2.58. The van der Waals surface area contributed by atoms with E-state index in [2.05, 4.69) is 16.1 Å². The van der Waals surface area contributed by atoms with Crippen molar-refractivity contribution in [3.05, 3.63) is 42.5 Å². The minimum absolute atomic E-state index is 0.365. The first kappa shape index (κ1) is 30.0. The number of benzene rings is 1. The molecule has 1 aromatic carbocycles. The van der Waals surface area contributed by atoms with E-state index >= 15 is 0 Å². The van der Waals surface area contributed by atoms with E-state index in [-0.39, 0.29) is 5.75 Å². The van der Waals surface area contributed by atoms with E-state index in [4.69, 9.17) is 0 Å². The first-order valence-corrected chi connectivity index (χ1v) is 8.66. The van der Waals surface area contributed by atoms with Crippen molar-refractivity contribution in [1.82, 2.24) is 0 Å². The second kappa shape index (κ2) is 9.56. The summed E-state index contributed by atoms with van der Waals surface area (Å²) >= 11 is 0. The van der Waals surface area contributed by atoms with Crippen molar-refractivity contribution >= 4 is 11.9 Å². The SMILES string of the molecule is C=CC(=O)Oc1ccc(C(=O)OC(F)(F)C(F)(F)C(F)(F)C(F)(F)C(F)(F)CCC(F)(F)F)cc1. The van der Waals surface area contributed by atoms with Gasteiger partial charge in [-0.05, 0) is 24.3 Å². The Morgan fingerprint density at radius 1 is 0.743 bits per heavy atom. The van der Waals surface area contributed by atoms with Crippen molar-refractivity contribution in [2.24, 2.45) is 0 Å². The van der Waals surface area contributed by atoms with Gasteiger partial charge in [0.1, 0.15) is 5.75 Å². The molecule has 0 aliphatic carbocycles. The lowest BCUT2D eigenvalue weighted by molar-refractivity contribution is -0.436. The maximum atomic E-state index is 13.7. The normalized spacial score (nSPS) is 13.9. The molecule has 0 heterocycles. The van der Waals surface area contributed by atoms with Crippen LogP contribution in [0.15, 0.2) is 36.9 Å². The number of ether oxygens (including phenoxy) is 2. The molecule has 17 heteroatoms. The van der Waals surface area contributed by atoms with Gasteiger partial charge < -0.3 is 9.47 Å². The van der Waals surface area contributed by atoms with Crippen LogP contribution in [0, 0.1) is 0 Å². The van der Waals surface area contributed by atoms with Gasteiger partial charge in [-0.2, -0.15) is 57.1 Å². The Hall–Kier alpha value is -3.01. The van der Waals surface area contributed by atoms with Gasteiger partial charge >= 0.3 is 47.9 Å². The summed E-state index contributed by atoms with van der Waals surface area (Å²) in [5, 5.41) is 0. The molecule has 0 saturated carbocycles. The van der Waals surface area contributed by atoms with Gasteiger partial charge in [-0.15, -0.1) is 0 Å². The Morgan fingerprint density at radius 3 is 1.66 bits per heavy atom. The summed E-state index contributed by atoms with van der Waals surface area (Å²) in [5.74, 6) is -33.2. The summed E-state index contributed by atoms with van der Waals surface area (Å²) in [6, 6.07) is 2.33. The van der Waals surface area contributed by atoms with E-state index in [9.17, 15) is 66.7 Å². The summed E-state index contributed by atoms with van der Waals surface area (Å²) in [7, 11) is 0. The summed E-state index contributed by atoms with van der Waals surface area (Å²) in [4.78, 5) is 22.6. The van der Waals surface area contributed by atoms with Gasteiger partial charge in [0.25, 0.3) is 0 Å². The number of hydrogen-bond acceptors (Lipinski definition) is 4. The molecule has 0 aliphatic rings. The summed E-state index contributed by atoms with van der Waals surface area (Å²) in [6.07, 6.45) is -17.8. The molecule has 0 spiro atoms. The van der Waals surface area contributed by atoms with Crippen molar-refractivity contribution in [2.45, 2.75) is 48.8 Å². The van der Waals surface area contributed by atoms with Crippen LogP contribution in [0.1, 0.15) is 23.2 Å². The molecule has 0 bridgehead atoms. The zero-order chi connectivity index (χ0) is 27.7. The topological polar surface area (TPSA) is 52.6 Å². The second-order valence-corrected chi connectivity index (χ2v) is 6.60. The molecule has 0 unspecified atom stereocenters. The molecular formula is C18H11F13O4. The maximum absolute atomic E-state index is 13.7. The molecule has 0 amide bonds. The number of hydrogen-bond donors (Lipinski definition) is 0. The van der Waals surface area contributed by atoms with Crippen LogP contribution in [0.4, 0.5) is 57.1 Å². The smallest absolute Gasteiger partial charge is 0.423 e. The van der Waals surface area contributed by atoms with Gasteiger partial charge in [0.05, 0.1) is 5.56 Å². The van der Waals surface area contributed by atoms with E-state index in [0.29, 0.717) is 30.3 Å². The number of esters is 2. The van der Waals surface area contributed by atoms with Gasteiger partial charge in [0, 0.05) is 18.9 Å². The quantitative estimate of drug-likeness (QED) is 0.150. The minimum Gasteiger partial charge on any atom is -0.423 e. The Balaban J connectivity index is 3.19. The third-order valence-electron chi connectivity index (χ3n) is 4.03. The first-order valence-electron chi connectivity index (χ1n) is 8.66. The molecule has 0 saturated heterocycles. The Bertz CT molecular complexity index is 937. The number of carbonyl (C=O) groups is 2. The lowest BCUT2D eigenvalue weighted by atomic mass is 9.95. The zero-order valence-corrected chi connectivity index (χ0v) is 16.6. The lowest BCUT2D eigenvalue weighted by Gasteiger charge is -2.38. The fourth-order valence-corrected chi connectivity index (χ4v) is 2.12. The fraction of sp³-hybridized carbons (Fsp3) is 0.444. The lowest BCUT2D eigenvalue weighted by Crippen LogP contribution is -2.68. The summed E-state index contributed by atoms with van der Waals surface area (Å²) < 4.78 is 179. The Labute approximate surface area is 186 Å². The molecule has 1 rings (SSSR count). The van der Waals surface area contributed by atoms with Crippen molar-refractivity contribution < 1.29 is 76.1 Å². The van der Waals surface area contributed by atoms with Crippen LogP contribution in [-0.4, -0.2) is 47.9 Å². The largest absolute Gasteiger partial charge is 0.473 e. The highest BCUT2D eigenvalue weighted by Gasteiger charge is 2.87. The van der Waals surface area contributed by atoms with E-state index in [1.54, 1.807) is 0 Å². The molecule has 4 nitrogen and oxygen atoms in total. The van der Waals surface area contributed by atoms with E-state index in [1.165, 1.54) is 0 Å². The molecule has 35 heavy (non-hydrogen) atoms. The average Bonchev–Trinajstić information content (AvgIpc) is 2.71. The predicted octanol–water partition coefficient (Wildman–Crippen LogP) is 6.41. The van der Waals surface area contributed by atoms with Gasteiger partial charge in [-0.3, -0.25) is 0 Å². The molecule has 0 aromatic heterocycles. The van der Waals surface area contributed by atoms with E-state index < -0.39 is 66.3 Å². The second-order valence-electron chi connectivity index (χ2n) is 6.60. The Morgan fingerprint density at radius 2 is 1.23 bits per heavy atom. The standard InChI is InChI=1S/C18H11F13O4/c1-2-11(32)34-10-5-3-9(4-6-10)12(33)35-18(30,31)17(28,29)16(26,27)15(24,25)13(19,20)7-8-14(21,22)23/h2-6H,1,7-8H2. The summed E-state index contributed by atoms with van der Waals surface area (Å²) in [5.41, 5.74) is -1.11. The van der Waals surface area contributed by atoms with E-state index in [0.717, 1.165) is 0 Å². The molecule has 1 aromatic rings. The molecule has 0 N–H and O–H groups in total. The van der Waals surface area contributed by atoms with Crippen molar-refractivity contribution in [2.75, 3.05) is 0 Å². The molecule has 0 fully saturated rings. The number of halogens is 13. The highest BCUT2D eigenvalue weighted by molar-refractivity contribution is 5.90. The van der Waals surface area contributed by atoms with Crippen molar-refractivity contribution in [3.63, 3.8) is 0 Å². The predicted molar refractivity (Wildman–Crippen MR) is 87.7 cm³/mol. The van der Waals surface area contributed by atoms with Gasteiger partial charge in [0.15, 0.2) is 0 Å². The maximum Gasteiger partial charge on any atom is 0.473 e. The third kappa shape index (κ3) is 6.17. The number of rotatable bonds is 10. The first-order chi connectivity index (χ1) is 15.5. The molecule has 198 valence electrons. The van der Waals surface area contributed by atoms with Crippen LogP contribution in [0.3, 0.4) is 0 Å². The minimum atomic E-state index is -7.72. The van der Waals surface area contributed by atoms with Crippen LogP contribution >= 0.6 is 0 Å². The van der Waals surface area contributed by atoms with E-state index in [1.807, 2.05) is 0 Å². The number of alkyl halides is 13. The third-order valence-corrected chi connectivity index (χ3v) is 4.03. The average molecular weight is 538 g/mol. The highest BCUT2D eigenvalue weighted by atomic mass is 19.4. The van der Waals surface area contributed by atoms with Crippen LogP contribution < -0.4 is 4.74 Å². The van der Waals surface area contributed by atoms with Crippen molar-refractivity contribution in [1.29, 1.82) is 0 Å². The Kier molecular flexibility index (Phi) is 8.20. The van der Waals surface area contributed by atoms with Gasteiger partial charge in [-0.1, -0.05) is 6.58 Å². The molecule has 0 radical (unpaired) electrons. The van der Waals surface area contributed by atoms with Crippen LogP contribution in [0.5, 0.6) is 5.75 Å². The van der Waals surface area contributed by atoms with Gasteiger partial charge in [-0.25, -0.2) is 9.59 Å². The summed E-state index contributed by atoms with van der Waals surface area (Å²) in [6.45, 7) is 3.02.